The number of pyridine rings is 3. The molecule has 4 rings (SSSR count). The number of hydrogen-bond donors (Lipinski definition) is 2. The van der Waals surface area contributed by atoms with Gasteiger partial charge in [0.05, 0.1) is 17.3 Å². The number of aliphatic hydroxyl groups excluding tert-OH is 1. The smallest absolute Gasteiger partial charge is 0.260 e. The highest BCUT2D eigenvalue weighted by atomic mass is 19.3. The van der Waals surface area contributed by atoms with Gasteiger partial charge in [0.15, 0.2) is 0 Å². The molecular weight excluding hydrogens is 378 g/mol. The number of carbonyl (C=O) groups is 1. The Bertz CT molecular complexity index is 1100. The predicted molar refractivity (Wildman–Crippen MR) is 104 cm³/mol. The quantitative estimate of drug-likeness (QED) is 0.677. The van der Waals surface area contributed by atoms with Crippen molar-refractivity contribution in [3.8, 4) is 11.1 Å². The normalized spacial score (nSPS) is 18.4. The Morgan fingerprint density at radius 1 is 1.24 bits per heavy atom. The van der Waals surface area contributed by atoms with Crippen LogP contribution in [0.15, 0.2) is 36.8 Å². The summed E-state index contributed by atoms with van der Waals surface area (Å²) < 4.78 is 26.0. The minimum absolute atomic E-state index is 0.196. The molecule has 0 bridgehead atoms. The van der Waals surface area contributed by atoms with E-state index in [9.17, 15) is 18.7 Å². The van der Waals surface area contributed by atoms with Gasteiger partial charge in [-0.05, 0) is 31.0 Å². The molecule has 1 amide bonds. The molecule has 0 aliphatic heterocycles. The summed E-state index contributed by atoms with van der Waals surface area (Å²) in [5.74, 6) is -4.72. The van der Waals surface area contributed by atoms with Crippen LogP contribution in [0.3, 0.4) is 0 Å². The van der Waals surface area contributed by atoms with Crippen LogP contribution in [0.5, 0.6) is 0 Å². The highest BCUT2D eigenvalue weighted by Gasteiger charge is 2.61. The van der Waals surface area contributed by atoms with E-state index < -0.39 is 30.3 Å². The number of nitrogens with one attached hydrogen (secondary N) is 1. The van der Waals surface area contributed by atoms with Gasteiger partial charge in [0.2, 0.25) is 5.91 Å². The van der Waals surface area contributed by atoms with E-state index in [-0.39, 0.29) is 5.82 Å². The minimum atomic E-state index is -2.91. The maximum absolute atomic E-state index is 13.0. The molecule has 3 aromatic heterocycles. The predicted octanol–water partition coefficient (Wildman–Crippen LogP) is 4.04. The molecule has 1 saturated carbocycles. The summed E-state index contributed by atoms with van der Waals surface area (Å²) >= 11 is 0. The molecular formula is C21H20F2N4O2. The molecule has 0 spiro atoms. The second kappa shape index (κ2) is 7.11. The summed E-state index contributed by atoms with van der Waals surface area (Å²) in [6, 6.07) is 5.32. The van der Waals surface area contributed by atoms with E-state index in [0.717, 1.165) is 22.1 Å². The third kappa shape index (κ3) is 3.80. The fraction of sp³-hybridized carbons (Fsp3) is 0.333. The van der Waals surface area contributed by atoms with Crippen LogP contribution in [0.4, 0.5) is 14.6 Å². The van der Waals surface area contributed by atoms with Gasteiger partial charge in [-0.2, -0.15) is 0 Å². The highest BCUT2D eigenvalue weighted by Crippen LogP contribution is 2.49. The van der Waals surface area contributed by atoms with E-state index >= 15 is 0 Å². The van der Waals surface area contributed by atoms with E-state index in [2.05, 4.69) is 20.3 Å². The molecule has 150 valence electrons. The monoisotopic (exact) mass is 398 g/mol. The zero-order valence-electron chi connectivity index (χ0n) is 16.0. The van der Waals surface area contributed by atoms with Crippen LogP contribution >= 0.6 is 0 Å². The van der Waals surface area contributed by atoms with Gasteiger partial charge in [0, 0.05) is 47.6 Å². The molecule has 8 heteroatoms. The maximum atomic E-state index is 13.0. The lowest BCUT2D eigenvalue weighted by molar-refractivity contribution is -0.119. The van der Waals surface area contributed by atoms with Crippen molar-refractivity contribution in [3.63, 3.8) is 0 Å². The van der Waals surface area contributed by atoms with Crippen LogP contribution in [-0.4, -0.2) is 31.9 Å². The Morgan fingerprint density at radius 2 is 2.00 bits per heavy atom. The zero-order valence-corrected chi connectivity index (χ0v) is 16.0. The topological polar surface area (TPSA) is 88.0 Å². The molecule has 3 aromatic rings. The lowest BCUT2D eigenvalue weighted by atomic mass is 10.0. The maximum Gasteiger partial charge on any atom is 0.260 e. The molecule has 1 aliphatic rings. The Hall–Kier alpha value is -3.00. The molecule has 2 N–H and O–H groups in total. The average Bonchev–Trinajstić information content (AvgIpc) is 3.35. The third-order valence-corrected chi connectivity index (χ3v) is 5.13. The fourth-order valence-corrected chi connectivity index (χ4v) is 3.22. The number of anilines is 1. The van der Waals surface area contributed by atoms with Crippen molar-refractivity contribution in [2.45, 2.75) is 38.7 Å². The molecule has 29 heavy (non-hydrogen) atoms. The van der Waals surface area contributed by atoms with Gasteiger partial charge in [-0.1, -0.05) is 6.92 Å². The Balaban J connectivity index is 1.58. The van der Waals surface area contributed by atoms with Gasteiger partial charge in [-0.25, -0.2) is 13.8 Å². The number of aryl methyl sites for hydroxylation is 1. The van der Waals surface area contributed by atoms with E-state index in [1.165, 1.54) is 0 Å². The number of fused-ring (bicyclic) bond motifs is 1. The van der Waals surface area contributed by atoms with Crippen molar-refractivity contribution >= 4 is 22.6 Å². The first-order valence-electron chi connectivity index (χ1n) is 9.38. The molecule has 6 nitrogen and oxygen atoms in total. The second-order valence-electron chi connectivity index (χ2n) is 7.34. The van der Waals surface area contributed by atoms with Crippen molar-refractivity contribution in [1.29, 1.82) is 0 Å². The van der Waals surface area contributed by atoms with Crippen LogP contribution in [0.2, 0.25) is 0 Å². The largest absolute Gasteiger partial charge is 0.387 e. The van der Waals surface area contributed by atoms with E-state index in [1.54, 1.807) is 24.7 Å². The first-order valence-corrected chi connectivity index (χ1v) is 9.38. The second-order valence-corrected chi connectivity index (χ2v) is 7.34. The number of hydrogen-bond acceptors (Lipinski definition) is 5. The molecule has 2 atom stereocenters. The first-order chi connectivity index (χ1) is 13.8. The third-order valence-electron chi connectivity index (χ3n) is 5.13. The molecule has 1 fully saturated rings. The van der Waals surface area contributed by atoms with Crippen molar-refractivity contribution in [1.82, 2.24) is 15.0 Å². The van der Waals surface area contributed by atoms with Gasteiger partial charge in [0.25, 0.3) is 5.92 Å². The number of halogens is 2. The van der Waals surface area contributed by atoms with Gasteiger partial charge >= 0.3 is 0 Å². The summed E-state index contributed by atoms with van der Waals surface area (Å²) in [5.41, 5.74) is 3.91. The lowest BCUT2D eigenvalue weighted by Gasteiger charge is -2.12. The summed E-state index contributed by atoms with van der Waals surface area (Å²) in [6.45, 7) is 3.83. The number of aromatic nitrogens is 3. The SMILES string of the molecule is CCC(O)c1cc(C)c(-c2cnc3cc(NC(=O)[C@H]4CC4(F)F)ncc3c2)cn1. The van der Waals surface area contributed by atoms with Crippen LogP contribution in [-0.2, 0) is 4.79 Å². The van der Waals surface area contributed by atoms with Crippen molar-refractivity contribution < 1.29 is 18.7 Å². The van der Waals surface area contributed by atoms with Gasteiger partial charge in [-0.15, -0.1) is 0 Å². The van der Waals surface area contributed by atoms with Crippen molar-refractivity contribution in [2.24, 2.45) is 5.92 Å². The summed E-state index contributed by atoms with van der Waals surface area (Å²) in [4.78, 5) is 24.7. The van der Waals surface area contributed by atoms with E-state index in [4.69, 9.17) is 0 Å². The van der Waals surface area contributed by atoms with Crippen molar-refractivity contribution in [2.75, 3.05) is 5.32 Å². The summed E-state index contributed by atoms with van der Waals surface area (Å²) in [7, 11) is 0. The number of alkyl halides is 2. The molecule has 0 radical (unpaired) electrons. The number of aliphatic hydroxyl groups is 1. The zero-order chi connectivity index (χ0) is 20.8. The Labute approximate surface area is 166 Å². The van der Waals surface area contributed by atoms with Crippen LogP contribution in [0.1, 0.15) is 37.1 Å². The standard InChI is InChI=1S/C21H20F2N4O2/c1-3-18(28)17-4-11(2)14(10-25-17)12-5-13-9-26-19(6-16(13)24-8-12)27-20(29)15-7-21(15,22)23/h4-6,8-10,15,18,28H,3,7H2,1-2H3,(H,26,27,29)/t15-,18?/m1/s1. The fourth-order valence-electron chi connectivity index (χ4n) is 3.22. The minimum Gasteiger partial charge on any atom is -0.387 e. The molecule has 3 heterocycles. The number of carbonyl (C=O) groups excluding carboxylic acids is 1. The number of nitrogens with zero attached hydrogens (tertiary/aromatic N) is 3. The van der Waals surface area contributed by atoms with Gasteiger partial charge in [0.1, 0.15) is 11.7 Å². The van der Waals surface area contributed by atoms with Crippen molar-refractivity contribution in [3.05, 3.63) is 48.0 Å². The van der Waals surface area contributed by atoms with E-state index in [1.807, 2.05) is 26.0 Å². The highest BCUT2D eigenvalue weighted by molar-refractivity contribution is 5.96. The number of amides is 1. The lowest BCUT2D eigenvalue weighted by Crippen LogP contribution is -2.18. The molecule has 1 unspecified atom stereocenters. The summed E-state index contributed by atoms with van der Waals surface area (Å²) in [6.07, 6.45) is 4.52. The molecule has 0 aromatic carbocycles. The van der Waals surface area contributed by atoms with Crippen LogP contribution in [0.25, 0.3) is 22.0 Å². The Kier molecular flexibility index (Phi) is 4.74. The average molecular weight is 398 g/mol. The van der Waals surface area contributed by atoms with E-state index in [0.29, 0.717) is 17.6 Å². The van der Waals surface area contributed by atoms with Gasteiger partial charge < -0.3 is 10.4 Å². The number of rotatable bonds is 5. The van der Waals surface area contributed by atoms with Crippen LogP contribution in [0, 0.1) is 12.8 Å². The molecule has 0 saturated heterocycles. The molecule has 1 aliphatic carbocycles. The first kappa shape index (κ1) is 19.3. The summed E-state index contributed by atoms with van der Waals surface area (Å²) in [5, 5.41) is 13.1. The van der Waals surface area contributed by atoms with Gasteiger partial charge in [-0.3, -0.25) is 14.8 Å². The van der Waals surface area contributed by atoms with Crippen LogP contribution < -0.4 is 5.32 Å². The Morgan fingerprint density at radius 3 is 2.66 bits per heavy atom.